The lowest BCUT2D eigenvalue weighted by atomic mass is 10.1. The van der Waals surface area contributed by atoms with Crippen LogP contribution in [-0.4, -0.2) is 24.1 Å². The van der Waals surface area contributed by atoms with Crippen LogP contribution in [0.1, 0.15) is 18.4 Å². The molecule has 2 N–H and O–H groups in total. The average Bonchev–Trinajstić information content (AvgIpc) is 2.80. The second-order valence-electron chi connectivity index (χ2n) is 4.25. The Bertz CT molecular complexity index is 521. The van der Waals surface area contributed by atoms with Crippen LogP contribution in [0.3, 0.4) is 0 Å². The molecule has 0 saturated heterocycles. The van der Waals surface area contributed by atoms with Crippen molar-refractivity contribution in [2.45, 2.75) is 19.3 Å². The highest BCUT2D eigenvalue weighted by Gasteiger charge is 2.04. The van der Waals surface area contributed by atoms with E-state index in [-0.39, 0.29) is 12.5 Å². The lowest BCUT2D eigenvalue weighted by Crippen LogP contribution is -2.25. The molecule has 0 bridgehead atoms. The van der Waals surface area contributed by atoms with Gasteiger partial charge in [-0.2, -0.15) is 0 Å². The Balaban J connectivity index is 1.85. The standard InChI is InChI=1S/C14H17FN2O/c15-8-9-16-14(18)7-3-4-11-10-17-13-6-2-1-5-12(11)13/h1-2,5-6,10,17H,3-4,7-9H2,(H,16,18). The van der Waals surface area contributed by atoms with Crippen molar-refractivity contribution in [1.29, 1.82) is 0 Å². The van der Waals surface area contributed by atoms with Crippen LogP contribution >= 0.6 is 0 Å². The van der Waals surface area contributed by atoms with Crippen LogP contribution in [0.4, 0.5) is 4.39 Å². The zero-order valence-electron chi connectivity index (χ0n) is 10.2. The van der Waals surface area contributed by atoms with E-state index in [1.807, 2.05) is 24.4 Å². The Morgan fingerprint density at radius 2 is 2.17 bits per heavy atom. The molecule has 96 valence electrons. The number of hydrogen-bond donors (Lipinski definition) is 2. The Labute approximate surface area is 105 Å². The first-order valence-corrected chi connectivity index (χ1v) is 6.19. The number of para-hydroxylation sites is 1. The van der Waals surface area contributed by atoms with Gasteiger partial charge in [-0.1, -0.05) is 18.2 Å². The van der Waals surface area contributed by atoms with E-state index >= 15 is 0 Å². The molecular formula is C14H17FN2O. The summed E-state index contributed by atoms with van der Waals surface area (Å²) < 4.78 is 11.9. The lowest BCUT2D eigenvalue weighted by Gasteiger charge is -2.02. The molecule has 0 fully saturated rings. The van der Waals surface area contributed by atoms with E-state index in [2.05, 4.69) is 16.4 Å². The maximum atomic E-state index is 11.9. The van der Waals surface area contributed by atoms with Gasteiger partial charge in [-0.25, -0.2) is 4.39 Å². The van der Waals surface area contributed by atoms with E-state index in [1.54, 1.807) is 0 Å². The first kappa shape index (κ1) is 12.6. The highest BCUT2D eigenvalue weighted by Crippen LogP contribution is 2.19. The fraction of sp³-hybridized carbons (Fsp3) is 0.357. The maximum absolute atomic E-state index is 11.9. The largest absolute Gasteiger partial charge is 0.361 e. The van der Waals surface area contributed by atoms with Crippen molar-refractivity contribution in [3.05, 3.63) is 36.0 Å². The quantitative estimate of drug-likeness (QED) is 0.810. The van der Waals surface area contributed by atoms with E-state index in [0.29, 0.717) is 6.42 Å². The molecule has 4 heteroatoms. The van der Waals surface area contributed by atoms with E-state index in [0.717, 1.165) is 18.4 Å². The number of amides is 1. The van der Waals surface area contributed by atoms with Gasteiger partial charge in [-0.05, 0) is 24.5 Å². The van der Waals surface area contributed by atoms with E-state index in [4.69, 9.17) is 0 Å². The Kier molecular flexibility index (Phi) is 4.34. The number of rotatable bonds is 6. The molecule has 2 rings (SSSR count). The van der Waals surface area contributed by atoms with Gasteiger partial charge in [0.2, 0.25) is 5.91 Å². The SMILES string of the molecule is O=C(CCCc1c[nH]c2ccccc12)NCCF. The molecule has 0 aliphatic rings. The minimum Gasteiger partial charge on any atom is -0.361 e. The van der Waals surface area contributed by atoms with Gasteiger partial charge in [0, 0.05) is 30.1 Å². The number of alkyl halides is 1. The lowest BCUT2D eigenvalue weighted by molar-refractivity contribution is -0.121. The second-order valence-corrected chi connectivity index (χ2v) is 4.25. The van der Waals surface area contributed by atoms with Crippen molar-refractivity contribution in [3.63, 3.8) is 0 Å². The summed E-state index contributed by atoms with van der Waals surface area (Å²) in [6, 6.07) is 8.11. The van der Waals surface area contributed by atoms with E-state index < -0.39 is 6.67 Å². The third-order valence-electron chi connectivity index (χ3n) is 2.94. The van der Waals surface area contributed by atoms with Crippen LogP contribution < -0.4 is 5.32 Å². The zero-order valence-corrected chi connectivity index (χ0v) is 10.2. The summed E-state index contributed by atoms with van der Waals surface area (Å²) in [5.41, 5.74) is 2.35. The van der Waals surface area contributed by atoms with Crippen LogP contribution in [0.25, 0.3) is 10.9 Å². The topological polar surface area (TPSA) is 44.9 Å². The van der Waals surface area contributed by atoms with Crippen molar-refractivity contribution >= 4 is 16.8 Å². The number of carbonyl (C=O) groups excluding carboxylic acids is 1. The summed E-state index contributed by atoms with van der Waals surface area (Å²) in [5, 5.41) is 3.74. The highest BCUT2D eigenvalue weighted by atomic mass is 19.1. The molecule has 0 aliphatic heterocycles. The van der Waals surface area contributed by atoms with Gasteiger partial charge in [0.1, 0.15) is 6.67 Å². The number of nitrogens with one attached hydrogen (secondary N) is 2. The first-order valence-electron chi connectivity index (χ1n) is 6.19. The van der Waals surface area contributed by atoms with Crippen LogP contribution in [0.15, 0.2) is 30.5 Å². The molecule has 1 aromatic carbocycles. The maximum Gasteiger partial charge on any atom is 0.220 e. The van der Waals surface area contributed by atoms with Crippen molar-refractivity contribution in [2.24, 2.45) is 0 Å². The third-order valence-corrected chi connectivity index (χ3v) is 2.94. The van der Waals surface area contributed by atoms with Crippen molar-refractivity contribution < 1.29 is 9.18 Å². The first-order chi connectivity index (χ1) is 8.81. The molecule has 1 aromatic heterocycles. The minimum absolute atomic E-state index is 0.0764. The predicted octanol–water partition coefficient (Wildman–Crippen LogP) is 2.58. The third kappa shape index (κ3) is 3.09. The van der Waals surface area contributed by atoms with Crippen LogP contribution in [0, 0.1) is 0 Å². The molecule has 0 radical (unpaired) electrons. The van der Waals surface area contributed by atoms with Gasteiger partial charge >= 0.3 is 0 Å². The Morgan fingerprint density at radius 3 is 3.00 bits per heavy atom. The number of aryl methyl sites for hydroxylation is 1. The summed E-state index contributed by atoms with van der Waals surface area (Å²) >= 11 is 0. The summed E-state index contributed by atoms with van der Waals surface area (Å²) in [7, 11) is 0. The molecule has 0 atom stereocenters. The smallest absolute Gasteiger partial charge is 0.220 e. The number of aromatic nitrogens is 1. The van der Waals surface area contributed by atoms with Crippen LogP contribution in [0.2, 0.25) is 0 Å². The molecule has 1 amide bonds. The number of H-pyrrole nitrogens is 1. The van der Waals surface area contributed by atoms with Crippen LogP contribution in [-0.2, 0) is 11.2 Å². The fourth-order valence-electron chi connectivity index (χ4n) is 2.05. The van der Waals surface area contributed by atoms with Gasteiger partial charge in [-0.15, -0.1) is 0 Å². The fourth-order valence-corrected chi connectivity index (χ4v) is 2.05. The number of aromatic amines is 1. The van der Waals surface area contributed by atoms with Gasteiger partial charge in [0.05, 0.1) is 0 Å². The molecule has 1 heterocycles. The molecular weight excluding hydrogens is 231 g/mol. The van der Waals surface area contributed by atoms with E-state index in [9.17, 15) is 9.18 Å². The zero-order chi connectivity index (χ0) is 12.8. The number of hydrogen-bond acceptors (Lipinski definition) is 1. The number of benzene rings is 1. The number of carbonyl (C=O) groups is 1. The van der Waals surface area contributed by atoms with Crippen molar-refractivity contribution in [2.75, 3.05) is 13.2 Å². The Hall–Kier alpha value is -1.84. The average molecular weight is 248 g/mol. The summed E-state index contributed by atoms with van der Waals surface area (Å²) in [5.74, 6) is -0.0764. The number of fused-ring (bicyclic) bond motifs is 1. The van der Waals surface area contributed by atoms with E-state index in [1.165, 1.54) is 10.9 Å². The van der Waals surface area contributed by atoms with Crippen molar-refractivity contribution in [3.8, 4) is 0 Å². The van der Waals surface area contributed by atoms with Crippen LogP contribution in [0.5, 0.6) is 0 Å². The monoisotopic (exact) mass is 248 g/mol. The molecule has 3 nitrogen and oxygen atoms in total. The summed E-state index contributed by atoms with van der Waals surface area (Å²) in [6.45, 7) is -0.389. The molecule has 0 saturated carbocycles. The Morgan fingerprint density at radius 1 is 1.33 bits per heavy atom. The van der Waals surface area contributed by atoms with Gasteiger partial charge in [0.25, 0.3) is 0 Å². The normalized spacial score (nSPS) is 10.7. The summed E-state index contributed by atoms with van der Waals surface area (Å²) in [4.78, 5) is 14.5. The summed E-state index contributed by atoms with van der Waals surface area (Å²) in [6.07, 6.45) is 4.07. The molecule has 0 spiro atoms. The van der Waals surface area contributed by atoms with Gasteiger partial charge < -0.3 is 10.3 Å². The molecule has 2 aromatic rings. The molecule has 0 unspecified atom stereocenters. The molecule has 0 aliphatic carbocycles. The van der Waals surface area contributed by atoms with Crippen molar-refractivity contribution in [1.82, 2.24) is 10.3 Å². The molecule has 18 heavy (non-hydrogen) atoms. The number of halogens is 1. The highest BCUT2D eigenvalue weighted by molar-refractivity contribution is 5.83. The predicted molar refractivity (Wildman–Crippen MR) is 70.2 cm³/mol. The minimum atomic E-state index is -0.506. The van der Waals surface area contributed by atoms with Gasteiger partial charge in [-0.3, -0.25) is 4.79 Å². The second kappa shape index (κ2) is 6.19. The van der Waals surface area contributed by atoms with Gasteiger partial charge in [0.15, 0.2) is 0 Å².